The van der Waals surface area contributed by atoms with Crippen LogP contribution in [0.5, 0.6) is 5.75 Å². The summed E-state index contributed by atoms with van der Waals surface area (Å²) < 4.78 is 1.17. The van der Waals surface area contributed by atoms with Crippen LogP contribution in [0, 0.1) is 11.3 Å². The second-order valence-electron chi connectivity index (χ2n) is 9.44. The molecule has 1 atom stereocenters. The van der Waals surface area contributed by atoms with E-state index in [0.717, 1.165) is 11.1 Å². The molecule has 1 heterocycles. The Balaban J connectivity index is 1.89. The first-order valence-electron chi connectivity index (χ1n) is 12.7. The summed E-state index contributed by atoms with van der Waals surface area (Å²) in [5, 5.41) is 29.3. The van der Waals surface area contributed by atoms with E-state index in [1.54, 1.807) is 0 Å². The average Bonchev–Trinajstić information content (AvgIpc) is 2.96. The Kier molecular flexibility index (Phi) is 8.35. The van der Waals surface area contributed by atoms with Crippen LogP contribution in [0.4, 0.5) is 17.1 Å². The van der Waals surface area contributed by atoms with E-state index in [0.29, 0.717) is 6.42 Å². The van der Waals surface area contributed by atoms with Gasteiger partial charge in [0.25, 0.3) is 17.0 Å². The molecule has 10 heteroatoms. The minimum absolute atomic E-state index is 0.0349. The molecule has 1 amide bonds. The van der Waals surface area contributed by atoms with Crippen LogP contribution in [-0.2, 0) is 6.54 Å². The lowest BCUT2D eigenvalue weighted by atomic mass is 10.0. The number of phenols is 1. The van der Waals surface area contributed by atoms with Gasteiger partial charge in [0.2, 0.25) is 0 Å². The van der Waals surface area contributed by atoms with Crippen LogP contribution in [-0.4, -0.2) is 39.8 Å². The van der Waals surface area contributed by atoms with Gasteiger partial charge in [0, 0.05) is 14.1 Å². The van der Waals surface area contributed by atoms with Crippen molar-refractivity contribution in [2.75, 3.05) is 24.7 Å². The van der Waals surface area contributed by atoms with Crippen molar-refractivity contribution in [1.29, 1.82) is 5.26 Å². The van der Waals surface area contributed by atoms with Crippen molar-refractivity contribution in [3.63, 3.8) is 0 Å². The first-order valence-corrected chi connectivity index (χ1v) is 12.7. The van der Waals surface area contributed by atoms with Crippen LogP contribution < -0.4 is 21.8 Å². The zero-order chi connectivity index (χ0) is 28.8. The zero-order valence-corrected chi connectivity index (χ0v) is 22.4. The number of aromatic amines is 1. The molecule has 0 aliphatic carbocycles. The molecule has 0 spiro atoms. The number of nitriles is 1. The maximum atomic E-state index is 13.8. The molecule has 0 saturated heterocycles. The number of rotatable bonds is 9. The Morgan fingerprint density at radius 3 is 2.30 bits per heavy atom. The Morgan fingerprint density at radius 1 is 1.05 bits per heavy atom. The molecule has 0 aliphatic heterocycles. The van der Waals surface area contributed by atoms with Crippen LogP contribution >= 0.6 is 0 Å². The number of hydrogen-bond donors (Lipinski definition) is 4. The monoisotopic (exact) mass is 538 g/mol. The molecule has 1 aromatic heterocycles. The number of hydrogen-bond acceptors (Lipinski definition) is 7. The van der Waals surface area contributed by atoms with Gasteiger partial charge >= 0.3 is 0 Å². The number of carbonyl (C=O) groups excluding carboxylic acids is 1. The van der Waals surface area contributed by atoms with Crippen LogP contribution in [0.3, 0.4) is 0 Å². The Labute approximate surface area is 231 Å². The maximum absolute atomic E-state index is 13.8. The molecule has 204 valence electrons. The topological polar surface area (TPSA) is 143 Å². The molecular weight excluding hydrogens is 508 g/mol. The molecular formula is C30H30N6O4. The number of amides is 1. The number of benzene rings is 3. The molecule has 4 aromatic rings. The van der Waals surface area contributed by atoms with E-state index in [2.05, 4.69) is 15.7 Å². The highest BCUT2D eigenvalue weighted by atomic mass is 16.3. The molecule has 0 fully saturated rings. The van der Waals surface area contributed by atoms with Crippen molar-refractivity contribution in [2.45, 2.75) is 25.9 Å². The lowest BCUT2D eigenvalue weighted by Crippen LogP contribution is -2.34. The van der Waals surface area contributed by atoms with Gasteiger partial charge in [0.05, 0.1) is 35.5 Å². The van der Waals surface area contributed by atoms with Gasteiger partial charge in [-0.3, -0.25) is 19.5 Å². The lowest BCUT2D eigenvalue weighted by molar-refractivity contribution is 0.0824. The highest BCUT2D eigenvalue weighted by Gasteiger charge is 2.23. The number of aromatic hydroxyl groups is 1. The minimum Gasteiger partial charge on any atom is -0.505 e. The number of H-pyrrole nitrogens is 1. The first kappa shape index (κ1) is 27.7. The molecule has 10 nitrogen and oxygen atoms in total. The van der Waals surface area contributed by atoms with Gasteiger partial charge in [-0.15, -0.1) is 0 Å². The SMILES string of the molecule is CCC(Nc1c(Nc2cc(C#N)cc(C(=O)N(C)C)c2O)c(=O)n(Cc2ccccc2)[nH]c1=O)c1ccccc1. The normalized spacial score (nSPS) is 11.3. The quantitative estimate of drug-likeness (QED) is 0.234. The van der Waals surface area contributed by atoms with E-state index in [1.807, 2.05) is 73.7 Å². The summed E-state index contributed by atoms with van der Waals surface area (Å²) in [7, 11) is 3.03. The van der Waals surface area contributed by atoms with E-state index in [4.69, 9.17) is 0 Å². The summed E-state index contributed by atoms with van der Waals surface area (Å²) in [6, 6.07) is 22.9. The van der Waals surface area contributed by atoms with Gasteiger partial charge < -0.3 is 20.6 Å². The van der Waals surface area contributed by atoms with Gasteiger partial charge in [0.15, 0.2) is 5.75 Å². The number of phenolic OH excluding ortho intramolecular Hbond substituents is 1. The van der Waals surface area contributed by atoms with Crippen molar-refractivity contribution in [1.82, 2.24) is 14.7 Å². The smallest absolute Gasteiger partial charge is 0.291 e. The molecule has 0 aliphatic rings. The molecule has 4 N–H and O–H groups in total. The summed E-state index contributed by atoms with van der Waals surface area (Å²) in [6.45, 7) is 2.04. The molecule has 0 saturated carbocycles. The lowest BCUT2D eigenvalue weighted by Gasteiger charge is -2.22. The number of anilines is 3. The first-order chi connectivity index (χ1) is 19.2. The molecule has 1 unspecified atom stereocenters. The fourth-order valence-corrected chi connectivity index (χ4v) is 4.33. The molecule has 0 bridgehead atoms. The van der Waals surface area contributed by atoms with Gasteiger partial charge in [-0.1, -0.05) is 67.6 Å². The predicted octanol–water partition coefficient (Wildman–Crippen LogP) is 4.17. The van der Waals surface area contributed by atoms with Crippen LogP contribution in [0.2, 0.25) is 0 Å². The number of nitrogens with zero attached hydrogens (tertiary/aromatic N) is 3. The number of aromatic nitrogens is 2. The third kappa shape index (κ3) is 5.89. The predicted molar refractivity (Wildman–Crippen MR) is 154 cm³/mol. The molecule has 3 aromatic carbocycles. The van der Waals surface area contributed by atoms with Crippen LogP contribution in [0.25, 0.3) is 0 Å². The van der Waals surface area contributed by atoms with E-state index in [1.165, 1.54) is 35.8 Å². The molecule has 40 heavy (non-hydrogen) atoms. The third-order valence-electron chi connectivity index (χ3n) is 6.42. The molecule has 0 radical (unpaired) electrons. The summed E-state index contributed by atoms with van der Waals surface area (Å²) in [5.74, 6) is -0.980. The van der Waals surface area contributed by atoms with Crippen molar-refractivity contribution in [2.24, 2.45) is 0 Å². The fourth-order valence-electron chi connectivity index (χ4n) is 4.33. The van der Waals surface area contributed by atoms with Crippen molar-refractivity contribution >= 4 is 23.0 Å². The Morgan fingerprint density at radius 2 is 1.70 bits per heavy atom. The maximum Gasteiger partial charge on any atom is 0.291 e. The van der Waals surface area contributed by atoms with Gasteiger partial charge in [-0.05, 0) is 29.7 Å². The van der Waals surface area contributed by atoms with E-state index >= 15 is 0 Å². The summed E-state index contributed by atoms with van der Waals surface area (Å²) in [6.07, 6.45) is 0.604. The van der Waals surface area contributed by atoms with Crippen molar-refractivity contribution in [3.8, 4) is 11.8 Å². The van der Waals surface area contributed by atoms with Crippen molar-refractivity contribution < 1.29 is 9.90 Å². The third-order valence-corrected chi connectivity index (χ3v) is 6.42. The summed E-state index contributed by atoms with van der Waals surface area (Å²) in [4.78, 5) is 41.3. The van der Waals surface area contributed by atoms with E-state index < -0.39 is 22.8 Å². The van der Waals surface area contributed by atoms with E-state index in [-0.39, 0.29) is 40.8 Å². The van der Waals surface area contributed by atoms with Crippen LogP contribution in [0.1, 0.15) is 46.4 Å². The highest BCUT2D eigenvalue weighted by Crippen LogP contribution is 2.34. The van der Waals surface area contributed by atoms with Crippen LogP contribution in [0.15, 0.2) is 82.4 Å². The van der Waals surface area contributed by atoms with Gasteiger partial charge in [-0.25, -0.2) is 4.68 Å². The second-order valence-corrected chi connectivity index (χ2v) is 9.44. The molecule has 4 rings (SSSR count). The highest BCUT2D eigenvalue weighted by molar-refractivity contribution is 5.99. The zero-order valence-electron chi connectivity index (χ0n) is 22.4. The fraction of sp³-hybridized carbons (Fsp3) is 0.200. The average molecular weight is 539 g/mol. The minimum atomic E-state index is -0.573. The van der Waals surface area contributed by atoms with Gasteiger partial charge in [0.1, 0.15) is 11.4 Å². The van der Waals surface area contributed by atoms with Crippen molar-refractivity contribution in [3.05, 3.63) is 116 Å². The van der Waals surface area contributed by atoms with Gasteiger partial charge in [-0.2, -0.15) is 5.26 Å². The number of nitrogens with one attached hydrogen (secondary N) is 3. The van der Waals surface area contributed by atoms with E-state index in [9.17, 15) is 24.8 Å². The summed E-state index contributed by atoms with van der Waals surface area (Å²) in [5.41, 5.74) is 0.303. The number of carbonyl (C=O) groups is 1. The Bertz CT molecular complexity index is 1670. The Hall–Kier alpha value is -5.30. The largest absolute Gasteiger partial charge is 0.505 e. The summed E-state index contributed by atoms with van der Waals surface area (Å²) >= 11 is 0. The standard InChI is InChI=1S/C30H30N6O4/c1-4-23(21-13-9-6-10-14-21)32-25-26(30(40)36(34-28(25)38)18-19-11-7-5-8-12-19)33-24-16-20(17-31)15-22(27(24)37)29(39)35(2)3/h5-16,23,32-33,37H,4,18H2,1-3H3,(H,34,38). The second kappa shape index (κ2) is 12.0.